The van der Waals surface area contributed by atoms with Crippen molar-refractivity contribution in [2.45, 2.75) is 6.92 Å². The summed E-state index contributed by atoms with van der Waals surface area (Å²) >= 11 is 5.82. The number of anilines is 1. The molecule has 0 bridgehead atoms. The van der Waals surface area contributed by atoms with Crippen LogP contribution in [0.5, 0.6) is 5.75 Å². The van der Waals surface area contributed by atoms with Gasteiger partial charge < -0.3 is 15.0 Å². The Bertz CT molecular complexity index is 605. The van der Waals surface area contributed by atoms with Gasteiger partial charge in [-0.1, -0.05) is 11.6 Å². The van der Waals surface area contributed by atoms with E-state index in [1.165, 1.54) is 0 Å². The fourth-order valence-corrected chi connectivity index (χ4v) is 1.93. The maximum absolute atomic E-state index is 12.0. The van der Waals surface area contributed by atoms with Crippen molar-refractivity contribution in [2.24, 2.45) is 7.05 Å². The molecular formula is C13H13ClN2O2. The van der Waals surface area contributed by atoms with E-state index in [0.29, 0.717) is 22.0 Å². The summed E-state index contributed by atoms with van der Waals surface area (Å²) in [5, 5.41) is 12.7. The maximum atomic E-state index is 12.0. The molecule has 0 saturated heterocycles. The Kier molecular flexibility index (Phi) is 3.30. The van der Waals surface area contributed by atoms with Crippen LogP contribution in [0.25, 0.3) is 0 Å². The molecule has 1 amide bonds. The van der Waals surface area contributed by atoms with Crippen LogP contribution in [0.1, 0.15) is 16.1 Å². The number of benzene rings is 1. The molecule has 5 heteroatoms. The molecule has 2 aromatic rings. The van der Waals surface area contributed by atoms with E-state index in [1.807, 2.05) is 0 Å². The van der Waals surface area contributed by atoms with Crippen molar-refractivity contribution in [3.05, 3.63) is 46.7 Å². The average molecular weight is 265 g/mol. The van der Waals surface area contributed by atoms with Crippen LogP contribution in [0.15, 0.2) is 30.5 Å². The number of amides is 1. The number of aromatic hydroxyl groups is 1. The van der Waals surface area contributed by atoms with E-state index in [9.17, 15) is 9.90 Å². The predicted octanol–water partition coefficient (Wildman–Crippen LogP) is 2.94. The SMILES string of the molecule is Cc1cc(NC(=O)c2cc(Cl)cn2C)ccc1O. The van der Waals surface area contributed by atoms with Crippen LogP contribution in [0, 0.1) is 6.92 Å². The van der Waals surface area contributed by atoms with Gasteiger partial charge in [0.05, 0.1) is 5.02 Å². The molecule has 18 heavy (non-hydrogen) atoms. The number of hydrogen-bond donors (Lipinski definition) is 2. The molecule has 1 aromatic heterocycles. The standard InChI is InChI=1S/C13H13ClN2O2/c1-8-5-10(3-4-12(8)17)15-13(18)11-6-9(14)7-16(11)2/h3-7,17H,1-2H3,(H,15,18). The number of rotatable bonds is 2. The summed E-state index contributed by atoms with van der Waals surface area (Å²) in [5.41, 5.74) is 1.82. The summed E-state index contributed by atoms with van der Waals surface area (Å²) in [5.74, 6) is -0.0376. The average Bonchev–Trinajstić information content (AvgIpc) is 2.63. The number of halogens is 1. The van der Waals surface area contributed by atoms with Gasteiger partial charge in [0.25, 0.3) is 5.91 Å². The lowest BCUT2D eigenvalue weighted by Gasteiger charge is -2.07. The number of phenols is 1. The number of aromatic nitrogens is 1. The van der Waals surface area contributed by atoms with E-state index in [-0.39, 0.29) is 11.7 Å². The molecule has 0 fully saturated rings. The number of carbonyl (C=O) groups is 1. The van der Waals surface area contributed by atoms with Gasteiger partial charge in [-0.25, -0.2) is 0 Å². The van der Waals surface area contributed by atoms with E-state index < -0.39 is 0 Å². The number of nitrogens with zero attached hydrogens (tertiary/aromatic N) is 1. The van der Waals surface area contributed by atoms with Crippen molar-refractivity contribution in [1.82, 2.24) is 4.57 Å². The molecule has 0 aliphatic rings. The van der Waals surface area contributed by atoms with Crippen LogP contribution in [0.2, 0.25) is 5.02 Å². The molecule has 0 unspecified atom stereocenters. The van der Waals surface area contributed by atoms with Gasteiger partial charge in [-0.05, 0) is 36.8 Å². The Hall–Kier alpha value is -1.94. The van der Waals surface area contributed by atoms with Crippen molar-refractivity contribution in [3.8, 4) is 5.75 Å². The highest BCUT2D eigenvalue weighted by atomic mass is 35.5. The summed E-state index contributed by atoms with van der Waals surface area (Å²) in [6, 6.07) is 6.50. The Morgan fingerprint density at radius 1 is 1.39 bits per heavy atom. The van der Waals surface area contributed by atoms with Gasteiger partial charge >= 0.3 is 0 Å². The molecule has 0 spiro atoms. The van der Waals surface area contributed by atoms with E-state index >= 15 is 0 Å². The van der Waals surface area contributed by atoms with E-state index in [2.05, 4.69) is 5.32 Å². The van der Waals surface area contributed by atoms with Gasteiger partial charge in [-0.15, -0.1) is 0 Å². The van der Waals surface area contributed by atoms with Crippen LogP contribution < -0.4 is 5.32 Å². The third-order valence-corrected chi connectivity index (χ3v) is 2.87. The number of carbonyl (C=O) groups excluding carboxylic acids is 1. The lowest BCUT2D eigenvalue weighted by atomic mass is 10.2. The third kappa shape index (κ3) is 2.49. The Labute approximate surface area is 110 Å². The van der Waals surface area contributed by atoms with Gasteiger partial charge in [0, 0.05) is 18.9 Å². The zero-order chi connectivity index (χ0) is 13.3. The molecule has 94 valence electrons. The Balaban J connectivity index is 2.21. The minimum atomic E-state index is -0.241. The minimum Gasteiger partial charge on any atom is -0.508 e. The number of phenolic OH excluding ortho intramolecular Hbond substituents is 1. The van der Waals surface area contributed by atoms with Crippen LogP contribution in [-0.4, -0.2) is 15.6 Å². The van der Waals surface area contributed by atoms with Crippen molar-refractivity contribution >= 4 is 23.2 Å². The second kappa shape index (κ2) is 4.74. The molecule has 0 saturated carbocycles. The second-order valence-corrected chi connectivity index (χ2v) is 4.55. The van der Waals surface area contributed by atoms with Crippen LogP contribution in [0.3, 0.4) is 0 Å². The third-order valence-electron chi connectivity index (χ3n) is 2.66. The Morgan fingerprint density at radius 3 is 2.67 bits per heavy atom. The summed E-state index contributed by atoms with van der Waals surface area (Å²) in [6.45, 7) is 1.77. The molecule has 0 aliphatic heterocycles. The van der Waals surface area contributed by atoms with Gasteiger partial charge in [0.1, 0.15) is 11.4 Å². The number of aryl methyl sites for hydroxylation is 2. The zero-order valence-electron chi connectivity index (χ0n) is 10.1. The molecule has 0 atom stereocenters. The molecule has 0 radical (unpaired) electrons. The van der Waals surface area contributed by atoms with Gasteiger partial charge in [-0.3, -0.25) is 4.79 Å². The molecule has 4 nitrogen and oxygen atoms in total. The van der Waals surface area contributed by atoms with Gasteiger partial charge in [0.15, 0.2) is 0 Å². The normalized spacial score (nSPS) is 10.4. The monoisotopic (exact) mass is 264 g/mol. The number of hydrogen-bond acceptors (Lipinski definition) is 2. The lowest BCUT2D eigenvalue weighted by Crippen LogP contribution is -2.15. The molecule has 1 aromatic carbocycles. The first-order valence-electron chi connectivity index (χ1n) is 5.40. The highest BCUT2D eigenvalue weighted by Crippen LogP contribution is 2.21. The fraction of sp³-hybridized carbons (Fsp3) is 0.154. The smallest absolute Gasteiger partial charge is 0.272 e. The lowest BCUT2D eigenvalue weighted by molar-refractivity contribution is 0.101. The van der Waals surface area contributed by atoms with Crippen molar-refractivity contribution < 1.29 is 9.90 Å². The molecule has 2 rings (SSSR count). The van der Waals surface area contributed by atoms with Crippen LogP contribution >= 0.6 is 11.6 Å². The maximum Gasteiger partial charge on any atom is 0.272 e. The first-order chi connectivity index (χ1) is 8.47. The topological polar surface area (TPSA) is 54.3 Å². The predicted molar refractivity (Wildman–Crippen MR) is 71.2 cm³/mol. The molecule has 1 heterocycles. The second-order valence-electron chi connectivity index (χ2n) is 4.11. The fourth-order valence-electron chi connectivity index (χ4n) is 1.68. The first-order valence-corrected chi connectivity index (χ1v) is 5.78. The summed E-state index contributed by atoms with van der Waals surface area (Å²) < 4.78 is 1.66. The highest BCUT2D eigenvalue weighted by molar-refractivity contribution is 6.31. The summed E-state index contributed by atoms with van der Waals surface area (Å²) in [7, 11) is 1.75. The van der Waals surface area contributed by atoms with Crippen LogP contribution in [-0.2, 0) is 7.05 Å². The van der Waals surface area contributed by atoms with Gasteiger partial charge in [-0.2, -0.15) is 0 Å². The van der Waals surface area contributed by atoms with E-state index in [0.717, 1.165) is 0 Å². The largest absolute Gasteiger partial charge is 0.508 e. The molecule has 0 aliphatic carbocycles. The first kappa shape index (κ1) is 12.5. The van der Waals surface area contributed by atoms with E-state index in [4.69, 9.17) is 11.6 Å². The van der Waals surface area contributed by atoms with Crippen molar-refractivity contribution in [3.63, 3.8) is 0 Å². The summed E-state index contributed by atoms with van der Waals surface area (Å²) in [6.07, 6.45) is 1.67. The Morgan fingerprint density at radius 2 is 2.11 bits per heavy atom. The summed E-state index contributed by atoms with van der Waals surface area (Å²) in [4.78, 5) is 12.0. The van der Waals surface area contributed by atoms with E-state index in [1.54, 1.807) is 49.0 Å². The molecule has 2 N–H and O–H groups in total. The van der Waals surface area contributed by atoms with Crippen molar-refractivity contribution in [2.75, 3.05) is 5.32 Å². The minimum absolute atomic E-state index is 0.204. The van der Waals surface area contributed by atoms with Gasteiger partial charge in [0.2, 0.25) is 0 Å². The zero-order valence-corrected chi connectivity index (χ0v) is 10.8. The van der Waals surface area contributed by atoms with Crippen LogP contribution in [0.4, 0.5) is 5.69 Å². The highest BCUT2D eigenvalue weighted by Gasteiger charge is 2.11. The van der Waals surface area contributed by atoms with Crippen molar-refractivity contribution in [1.29, 1.82) is 0 Å². The quantitative estimate of drug-likeness (QED) is 0.820. The molecular weight excluding hydrogens is 252 g/mol. The number of nitrogens with one attached hydrogen (secondary N) is 1.